The predicted molar refractivity (Wildman–Crippen MR) is 103 cm³/mol. The molecule has 0 heterocycles. The van der Waals surface area contributed by atoms with E-state index in [-0.39, 0.29) is 23.7 Å². The lowest BCUT2D eigenvalue weighted by atomic mass is 10.1. The summed E-state index contributed by atoms with van der Waals surface area (Å²) >= 11 is 5.98. The van der Waals surface area contributed by atoms with Crippen LogP contribution in [0, 0.1) is 25.7 Å². The second-order valence-corrected chi connectivity index (χ2v) is 7.08. The molecule has 0 bridgehead atoms. The molecule has 2 aromatic carbocycles. The van der Waals surface area contributed by atoms with Crippen molar-refractivity contribution in [2.45, 2.75) is 20.3 Å². The Kier molecular flexibility index (Phi) is 5.18. The molecule has 136 valence electrons. The van der Waals surface area contributed by atoms with Gasteiger partial charge in [0.25, 0.3) is 0 Å². The Morgan fingerprint density at radius 1 is 1.00 bits per heavy atom. The zero-order chi connectivity index (χ0) is 18.8. The van der Waals surface area contributed by atoms with Crippen LogP contribution < -0.4 is 15.4 Å². The van der Waals surface area contributed by atoms with E-state index in [4.69, 9.17) is 16.3 Å². The third-order valence-electron chi connectivity index (χ3n) is 4.37. The maximum absolute atomic E-state index is 12.4. The van der Waals surface area contributed by atoms with Crippen LogP contribution in [0.2, 0.25) is 5.02 Å². The summed E-state index contributed by atoms with van der Waals surface area (Å²) in [4.78, 5) is 24.8. The average molecular weight is 373 g/mol. The Morgan fingerprint density at radius 3 is 2.23 bits per heavy atom. The minimum Gasteiger partial charge on any atom is -0.495 e. The van der Waals surface area contributed by atoms with Gasteiger partial charge in [-0.2, -0.15) is 0 Å². The number of benzene rings is 2. The molecule has 2 atom stereocenters. The highest BCUT2D eigenvalue weighted by atomic mass is 35.5. The lowest BCUT2D eigenvalue weighted by Gasteiger charge is -2.11. The molecule has 1 aliphatic carbocycles. The summed E-state index contributed by atoms with van der Waals surface area (Å²) in [5, 5.41) is 6.20. The van der Waals surface area contributed by atoms with Crippen LogP contribution in [0.5, 0.6) is 5.75 Å². The summed E-state index contributed by atoms with van der Waals surface area (Å²) in [6.07, 6.45) is 0.533. The molecule has 3 rings (SSSR count). The number of ether oxygens (including phenoxy) is 1. The van der Waals surface area contributed by atoms with Crippen molar-refractivity contribution in [2.24, 2.45) is 11.8 Å². The molecular weight excluding hydrogens is 352 g/mol. The van der Waals surface area contributed by atoms with Crippen molar-refractivity contribution in [3.05, 3.63) is 52.5 Å². The minimum atomic E-state index is -0.343. The second kappa shape index (κ2) is 7.38. The number of methoxy groups -OCH3 is 1. The van der Waals surface area contributed by atoms with Crippen molar-refractivity contribution >= 4 is 34.8 Å². The largest absolute Gasteiger partial charge is 0.495 e. The Morgan fingerprint density at radius 2 is 1.62 bits per heavy atom. The molecule has 2 aromatic rings. The van der Waals surface area contributed by atoms with Crippen LogP contribution in [0.1, 0.15) is 17.5 Å². The summed E-state index contributed by atoms with van der Waals surface area (Å²) < 4.78 is 5.22. The first-order valence-electron chi connectivity index (χ1n) is 8.41. The minimum absolute atomic E-state index is 0.131. The van der Waals surface area contributed by atoms with E-state index >= 15 is 0 Å². The predicted octanol–water partition coefficient (Wildman–Crippen LogP) is 4.18. The second-order valence-electron chi connectivity index (χ2n) is 6.65. The van der Waals surface area contributed by atoms with Gasteiger partial charge < -0.3 is 15.4 Å². The fourth-order valence-corrected chi connectivity index (χ4v) is 3.23. The van der Waals surface area contributed by atoms with Gasteiger partial charge in [0, 0.05) is 10.7 Å². The van der Waals surface area contributed by atoms with Crippen molar-refractivity contribution in [1.82, 2.24) is 0 Å². The first-order valence-corrected chi connectivity index (χ1v) is 8.78. The van der Waals surface area contributed by atoms with E-state index < -0.39 is 0 Å². The van der Waals surface area contributed by atoms with Crippen molar-refractivity contribution in [2.75, 3.05) is 17.7 Å². The quantitative estimate of drug-likeness (QED) is 0.827. The van der Waals surface area contributed by atoms with Crippen molar-refractivity contribution in [3.63, 3.8) is 0 Å². The number of nitrogens with one attached hydrogen (secondary N) is 2. The summed E-state index contributed by atoms with van der Waals surface area (Å²) in [5.41, 5.74) is 3.43. The summed E-state index contributed by atoms with van der Waals surface area (Å²) in [6.45, 7) is 3.96. The van der Waals surface area contributed by atoms with Crippen molar-refractivity contribution < 1.29 is 14.3 Å². The molecule has 0 saturated heterocycles. The molecule has 1 aliphatic rings. The standard InChI is InChI=1S/C20H21ClN2O3/c1-11-6-12(2)8-14(7-11)22-19(24)15-10-16(15)20(25)23-17-9-13(21)4-5-18(17)26-3/h4-9,15-16H,10H2,1-3H3,(H,22,24)(H,23,25). The van der Waals surface area contributed by atoms with E-state index in [1.807, 2.05) is 32.0 Å². The molecule has 0 aliphatic heterocycles. The topological polar surface area (TPSA) is 67.4 Å². The van der Waals surface area contributed by atoms with Gasteiger partial charge in [-0.25, -0.2) is 0 Å². The fraction of sp³-hybridized carbons (Fsp3) is 0.300. The van der Waals surface area contributed by atoms with Crippen LogP contribution in [0.25, 0.3) is 0 Å². The molecule has 6 heteroatoms. The number of carbonyl (C=O) groups is 2. The van der Waals surface area contributed by atoms with Crippen LogP contribution >= 0.6 is 11.6 Å². The highest BCUT2D eigenvalue weighted by Gasteiger charge is 2.48. The van der Waals surface area contributed by atoms with Gasteiger partial charge in [0.2, 0.25) is 11.8 Å². The molecule has 2 amide bonds. The molecule has 0 spiro atoms. The lowest BCUT2D eigenvalue weighted by molar-refractivity contribution is -0.122. The smallest absolute Gasteiger partial charge is 0.228 e. The summed E-state index contributed by atoms with van der Waals surface area (Å²) in [7, 11) is 1.52. The Hall–Kier alpha value is -2.53. The zero-order valence-electron chi connectivity index (χ0n) is 14.9. The van der Waals surface area contributed by atoms with Crippen LogP contribution in [-0.4, -0.2) is 18.9 Å². The first kappa shape index (κ1) is 18.3. The Bertz CT molecular complexity index is 846. The number of hydrogen-bond donors (Lipinski definition) is 2. The molecule has 1 saturated carbocycles. The Balaban J connectivity index is 1.62. The molecule has 2 N–H and O–H groups in total. The van der Waals surface area contributed by atoms with Crippen molar-refractivity contribution in [3.8, 4) is 5.75 Å². The van der Waals surface area contributed by atoms with E-state index in [1.165, 1.54) is 7.11 Å². The van der Waals surface area contributed by atoms with Gasteiger partial charge in [0.05, 0.1) is 24.6 Å². The molecule has 0 radical (unpaired) electrons. The SMILES string of the molecule is COc1ccc(Cl)cc1NC(=O)C1CC1C(=O)Nc1cc(C)cc(C)c1. The molecule has 2 unspecified atom stereocenters. The highest BCUT2D eigenvalue weighted by Crippen LogP contribution is 2.41. The lowest BCUT2D eigenvalue weighted by Crippen LogP contribution is -2.21. The van der Waals surface area contributed by atoms with E-state index in [0.29, 0.717) is 22.9 Å². The van der Waals surface area contributed by atoms with Gasteiger partial charge in [0.1, 0.15) is 5.75 Å². The number of amides is 2. The number of rotatable bonds is 5. The number of anilines is 2. The summed E-state index contributed by atoms with van der Waals surface area (Å²) in [5.74, 6) is -0.468. The average Bonchev–Trinajstić information content (AvgIpc) is 3.35. The van der Waals surface area contributed by atoms with E-state index in [1.54, 1.807) is 18.2 Å². The van der Waals surface area contributed by atoms with Gasteiger partial charge in [-0.05, 0) is 61.7 Å². The third-order valence-corrected chi connectivity index (χ3v) is 4.61. The Labute approximate surface area is 157 Å². The van der Waals surface area contributed by atoms with Crippen LogP contribution in [-0.2, 0) is 9.59 Å². The van der Waals surface area contributed by atoms with E-state index in [0.717, 1.165) is 16.8 Å². The van der Waals surface area contributed by atoms with Gasteiger partial charge in [-0.1, -0.05) is 17.7 Å². The fourth-order valence-electron chi connectivity index (χ4n) is 3.06. The van der Waals surface area contributed by atoms with E-state index in [2.05, 4.69) is 10.6 Å². The number of carbonyl (C=O) groups excluding carboxylic acids is 2. The van der Waals surface area contributed by atoms with E-state index in [9.17, 15) is 9.59 Å². The molecule has 1 fully saturated rings. The number of halogens is 1. The zero-order valence-corrected chi connectivity index (χ0v) is 15.7. The summed E-state index contributed by atoms with van der Waals surface area (Å²) in [6, 6.07) is 10.9. The molecular formula is C20H21ClN2O3. The monoisotopic (exact) mass is 372 g/mol. The molecule has 0 aromatic heterocycles. The maximum atomic E-state index is 12.4. The van der Waals surface area contributed by atoms with Gasteiger partial charge in [-0.15, -0.1) is 0 Å². The van der Waals surface area contributed by atoms with Gasteiger partial charge >= 0.3 is 0 Å². The van der Waals surface area contributed by atoms with Gasteiger partial charge in [-0.3, -0.25) is 9.59 Å². The number of hydrogen-bond acceptors (Lipinski definition) is 3. The number of aryl methyl sites for hydroxylation is 2. The maximum Gasteiger partial charge on any atom is 0.228 e. The highest BCUT2D eigenvalue weighted by molar-refractivity contribution is 6.31. The van der Waals surface area contributed by atoms with Crippen LogP contribution in [0.15, 0.2) is 36.4 Å². The van der Waals surface area contributed by atoms with Crippen LogP contribution in [0.3, 0.4) is 0 Å². The molecule has 26 heavy (non-hydrogen) atoms. The van der Waals surface area contributed by atoms with Crippen molar-refractivity contribution in [1.29, 1.82) is 0 Å². The van der Waals surface area contributed by atoms with Gasteiger partial charge in [0.15, 0.2) is 0 Å². The normalized spacial score (nSPS) is 18.2. The van der Waals surface area contributed by atoms with Crippen LogP contribution in [0.4, 0.5) is 11.4 Å². The first-order chi connectivity index (χ1) is 12.4. The molecule has 5 nitrogen and oxygen atoms in total. The third kappa shape index (κ3) is 4.17.